The smallest absolute Gasteiger partial charge is 0.322 e. The lowest BCUT2D eigenvalue weighted by Crippen LogP contribution is -2.34. The van der Waals surface area contributed by atoms with Gasteiger partial charge in [0.25, 0.3) is 11.5 Å². The first-order chi connectivity index (χ1) is 21.2. The number of nitrogens with two attached hydrogens (primary N) is 1. The Morgan fingerprint density at radius 2 is 1.80 bits per heavy atom. The van der Waals surface area contributed by atoms with E-state index in [2.05, 4.69) is 15.3 Å². The first-order valence-electron chi connectivity index (χ1n) is 13.9. The number of aromatic nitrogens is 4. The molecule has 5 rings (SSSR count). The number of anilines is 1. The number of amides is 1. The SMILES string of the molecule is COc1ccc2c(Oc3ccc(NC(=O)c4c(C)n(C[C@@H](C)OC(=O)[C@H](C)N)n(-c5ccccc5)c4=O)cn3)ccnc2c1. The number of rotatable bonds is 10. The van der Waals surface area contributed by atoms with Gasteiger partial charge in [0.15, 0.2) is 0 Å². The Morgan fingerprint density at radius 3 is 2.48 bits per heavy atom. The van der Waals surface area contributed by atoms with E-state index in [1.54, 1.807) is 74.3 Å². The molecule has 0 fully saturated rings. The molecule has 0 saturated carbocycles. The second-order valence-corrected chi connectivity index (χ2v) is 10.2. The maximum atomic E-state index is 13.7. The molecule has 226 valence electrons. The molecule has 0 saturated heterocycles. The third-order valence-corrected chi connectivity index (χ3v) is 6.86. The van der Waals surface area contributed by atoms with Crippen LogP contribution in [0.3, 0.4) is 0 Å². The van der Waals surface area contributed by atoms with Gasteiger partial charge in [-0.1, -0.05) is 18.2 Å². The van der Waals surface area contributed by atoms with E-state index < -0.39 is 29.6 Å². The predicted molar refractivity (Wildman–Crippen MR) is 165 cm³/mol. The first kappa shape index (κ1) is 30.0. The fourth-order valence-electron chi connectivity index (χ4n) is 4.68. The highest BCUT2D eigenvalue weighted by molar-refractivity contribution is 6.04. The number of hydrogen-bond acceptors (Lipinski definition) is 9. The van der Waals surface area contributed by atoms with Crippen LogP contribution in [-0.4, -0.2) is 50.5 Å². The molecule has 2 aromatic carbocycles. The van der Waals surface area contributed by atoms with E-state index in [-0.39, 0.29) is 12.1 Å². The minimum Gasteiger partial charge on any atom is -0.497 e. The molecule has 0 unspecified atom stereocenters. The summed E-state index contributed by atoms with van der Waals surface area (Å²) in [6.07, 6.45) is 2.45. The standard InChI is InChI=1S/C32H32N6O6/c1-19(43-32(41)20(2)33)18-37-21(3)29(31(40)38(37)23-8-6-5-7-9-23)30(39)36-22-10-13-28(35-17-22)44-27-14-15-34-26-16-24(42-4)11-12-25(26)27/h5-17,19-20H,18,33H2,1-4H3,(H,36,39)/t19-,20+/m1/s1. The minimum atomic E-state index is -0.792. The van der Waals surface area contributed by atoms with Gasteiger partial charge < -0.3 is 25.3 Å². The van der Waals surface area contributed by atoms with Gasteiger partial charge in [-0.15, -0.1) is 0 Å². The number of nitrogens with one attached hydrogen (secondary N) is 1. The van der Waals surface area contributed by atoms with Crippen molar-refractivity contribution in [1.29, 1.82) is 0 Å². The Balaban J connectivity index is 1.38. The van der Waals surface area contributed by atoms with E-state index in [9.17, 15) is 14.4 Å². The lowest BCUT2D eigenvalue weighted by molar-refractivity contribution is -0.150. The number of methoxy groups -OCH3 is 1. The largest absolute Gasteiger partial charge is 0.497 e. The van der Waals surface area contributed by atoms with Crippen molar-refractivity contribution in [2.45, 2.75) is 39.5 Å². The number of benzene rings is 2. The summed E-state index contributed by atoms with van der Waals surface area (Å²) in [5.74, 6) is 0.365. The molecule has 12 heteroatoms. The van der Waals surface area contributed by atoms with E-state index in [1.165, 1.54) is 17.8 Å². The molecule has 0 bridgehead atoms. The van der Waals surface area contributed by atoms with Crippen LogP contribution in [0.2, 0.25) is 0 Å². The molecule has 3 heterocycles. The molecule has 0 spiro atoms. The fraction of sp³-hybridized carbons (Fsp3) is 0.219. The number of esters is 1. The highest BCUT2D eigenvalue weighted by Gasteiger charge is 2.26. The number of carbonyl (C=O) groups is 2. The molecule has 0 aliphatic heterocycles. The van der Waals surface area contributed by atoms with Crippen LogP contribution in [0, 0.1) is 6.92 Å². The van der Waals surface area contributed by atoms with Crippen LogP contribution in [0.1, 0.15) is 29.9 Å². The molecule has 44 heavy (non-hydrogen) atoms. The van der Waals surface area contributed by atoms with Gasteiger partial charge in [0, 0.05) is 23.7 Å². The van der Waals surface area contributed by atoms with Gasteiger partial charge in [-0.05, 0) is 57.2 Å². The molecule has 2 atom stereocenters. The molecule has 0 radical (unpaired) electrons. The van der Waals surface area contributed by atoms with Crippen LogP contribution in [0.4, 0.5) is 5.69 Å². The van der Waals surface area contributed by atoms with Crippen LogP contribution in [0.15, 0.2) is 83.9 Å². The van der Waals surface area contributed by atoms with Gasteiger partial charge in [-0.2, -0.15) is 0 Å². The number of pyridine rings is 2. The van der Waals surface area contributed by atoms with Gasteiger partial charge in [0.1, 0.15) is 29.2 Å². The summed E-state index contributed by atoms with van der Waals surface area (Å²) in [7, 11) is 1.59. The lowest BCUT2D eigenvalue weighted by Gasteiger charge is -2.19. The molecule has 0 aliphatic carbocycles. The molecule has 3 N–H and O–H groups in total. The highest BCUT2D eigenvalue weighted by Crippen LogP contribution is 2.30. The number of hydrogen-bond donors (Lipinski definition) is 2. The van der Waals surface area contributed by atoms with Crippen LogP contribution < -0.4 is 26.1 Å². The summed E-state index contributed by atoms with van der Waals surface area (Å²) in [4.78, 5) is 47.9. The van der Waals surface area contributed by atoms with Crippen molar-refractivity contribution in [3.05, 3.63) is 101 Å². The second kappa shape index (κ2) is 12.8. The number of ether oxygens (including phenoxy) is 3. The summed E-state index contributed by atoms with van der Waals surface area (Å²) in [6.45, 7) is 5.01. The van der Waals surface area contributed by atoms with Crippen LogP contribution in [0.25, 0.3) is 16.6 Å². The maximum absolute atomic E-state index is 13.7. The van der Waals surface area contributed by atoms with Crippen molar-refractivity contribution >= 4 is 28.5 Å². The zero-order valence-electron chi connectivity index (χ0n) is 24.7. The van der Waals surface area contributed by atoms with E-state index in [1.807, 2.05) is 24.3 Å². The van der Waals surface area contributed by atoms with Crippen molar-refractivity contribution in [3.8, 4) is 23.1 Å². The van der Waals surface area contributed by atoms with Gasteiger partial charge in [-0.25, -0.2) is 9.67 Å². The third-order valence-electron chi connectivity index (χ3n) is 6.86. The number of fused-ring (bicyclic) bond motifs is 1. The maximum Gasteiger partial charge on any atom is 0.322 e. The van der Waals surface area contributed by atoms with Gasteiger partial charge in [0.2, 0.25) is 5.88 Å². The van der Waals surface area contributed by atoms with E-state index in [0.29, 0.717) is 40.0 Å². The Labute approximate surface area is 253 Å². The zero-order chi connectivity index (χ0) is 31.4. The molecular formula is C32H32N6O6. The molecule has 0 aliphatic rings. The third kappa shape index (κ3) is 6.30. The van der Waals surface area contributed by atoms with Gasteiger partial charge in [0.05, 0.1) is 42.4 Å². The summed E-state index contributed by atoms with van der Waals surface area (Å²) in [5, 5.41) is 3.54. The lowest BCUT2D eigenvalue weighted by atomic mass is 10.2. The van der Waals surface area contributed by atoms with E-state index in [0.717, 1.165) is 5.39 Å². The predicted octanol–water partition coefficient (Wildman–Crippen LogP) is 4.22. The number of nitrogens with zero attached hydrogens (tertiary/aromatic N) is 4. The van der Waals surface area contributed by atoms with Crippen LogP contribution in [0.5, 0.6) is 17.4 Å². The van der Waals surface area contributed by atoms with E-state index in [4.69, 9.17) is 19.9 Å². The first-order valence-corrected chi connectivity index (χ1v) is 13.9. The summed E-state index contributed by atoms with van der Waals surface area (Å²) >= 11 is 0. The van der Waals surface area contributed by atoms with Crippen molar-refractivity contribution in [1.82, 2.24) is 19.3 Å². The average Bonchev–Trinajstić information content (AvgIpc) is 3.26. The normalized spacial score (nSPS) is 12.4. The van der Waals surface area contributed by atoms with Crippen molar-refractivity contribution in [3.63, 3.8) is 0 Å². The van der Waals surface area contributed by atoms with Crippen LogP contribution in [-0.2, 0) is 16.1 Å². The van der Waals surface area contributed by atoms with Gasteiger partial charge in [-0.3, -0.25) is 24.0 Å². The Hall–Kier alpha value is -5.49. The summed E-state index contributed by atoms with van der Waals surface area (Å²) < 4.78 is 19.7. The Kier molecular flexibility index (Phi) is 8.72. The highest BCUT2D eigenvalue weighted by atomic mass is 16.5. The fourth-order valence-corrected chi connectivity index (χ4v) is 4.68. The molecule has 5 aromatic rings. The summed E-state index contributed by atoms with van der Waals surface area (Å²) in [5.41, 5.74) is 7.08. The molecule has 1 amide bonds. The zero-order valence-corrected chi connectivity index (χ0v) is 24.7. The number of carbonyl (C=O) groups excluding carboxylic acids is 2. The molecule has 3 aromatic heterocycles. The second-order valence-electron chi connectivity index (χ2n) is 10.2. The Bertz CT molecular complexity index is 1860. The quantitative estimate of drug-likeness (QED) is 0.226. The van der Waals surface area contributed by atoms with Crippen molar-refractivity contribution in [2.24, 2.45) is 5.73 Å². The van der Waals surface area contributed by atoms with Crippen LogP contribution >= 0.6 is 0 Å². The monoisotopic (exact) mass is 596 g/mol. The van der Waals surface area contributed by atoms with Crippen molar-refractivity contribution < 1.29 is 23.8 Å². The molecular weight excluding hydrogens is 564 g/mol. The average molecular weight is 597 g/mol. The van der Waals surface area contributed by atoms with Crippen molar-refractivity contribution in [2.75, 3.05) is 12.4 Å². The van der Waals surface area contributed by atoms with Gasteiger partial charge >= 0.3 is 5.97 Å². The number of para-hydroxylation sites is 1. The minimum absolute atomic E-state index is 0.0569. The summed E-state index contributed by atoms with van der Waals surface area (Å²) in [6, 6.07) is 18.6. The topological polar surface area (TPSA) is 153 Å². The van der Waals surface area contributed by atoms with E-state index >= 15 is 0 Å². The Morgan fingerprint density at radius 1 is 1.02 bits per heavy atom. The molecule has 12 nitrogen and oxygen atoms in total.